The van der Waals surface area contributed by atoms with E-state index < -0.39 is 0 Å². The van der Waals surface area contributed by atoms with E-state index in [0.29, 0.717) is 18.7 Å². The van der Waals surface area contributed by atoms with Crippen molar-refractivity contribution in [3.63, 3.8) is 0 Å². The second-order valence-corrected chi connectivity index (χ2v) is 5.69. The van der Waals surface area contributed by atoms with Crippen molar-refractivity contribution < 1.29 is 9.13 Å². The Morgan fingerprint density at radius 2 is 2.11 bits per heavy atom. The van der Waals surface area contributed by atoms with Crippen LogP contribution in [0.3, 0.4) is 0 Å². The van der Waals surface area contributed by atoms with Crippen molar-refractivity contribution in [2.24, 2.45) is 5.73 Å². The van der Waals surface area contributed by atoms with E-state index in [0.717, 1.165) is 11.3 Å². The molecule has 2 rings (SSSR count). The molecular formula is C14H21FN2O. The minimum atomic E-state index is -0.187. The Balaban J connectivity index is 2.53. The van der Waals surface area contributed by atoms with E-state index in [9.17, 15) is 4.39 Å². The lowest BCUT2D eigenvalue weighted by Gasteiger charge is -2.36. The average molecular weight is 252 g/mol. The van der Waals surface area contributed by atoms with Crippen LogP contribution in [-0.2, 0) is 6.54 Å². The van der Waals surface area contributed by atoms with Crippen LogP contribution in [0, 0.1) is 5.82 Å². The van der Waals surface area contributed by atoms with Crippen LogP contribution in [0.4, 0.5) is 4.39 Å². The summed E-state index contributed by atoms with van der Waals surface area (Å²) in [6.07, 6.45) is 0. The summed E-state index contributed by atoms with van der Waals surface area (Å²) in [4.78, 5) is 2.23. The lowest BCUT2D eigenvalue weighted by atomic mass is 10.0. The van der Waals surface area contributed by atoms with Gasteiger partial charge in [-0.15, -0.1) is 0 Å². The number of nitrogens with zero attached hydrogens (tertiary/aromatic N) is 1. The topological polar surface area (TPSA) is 38.5 Å². The first kappa shape index (κ1) is 13.3. The predicted molar refractivity (Wildman–Crippen MR) is 70.0 cm³/mol. The Labute approximate surface area is 108 Å². The molecule has 18 heavy (non-hydrogen) atoms. The third kappa shape index (κ3) is 1.99. The molecule has 1 aromatic carbocycles. The quantitative estimate of drug-likeness (QED) is 0.878. The van der Waals surface area contributed by atoms with Crippen LogP contribution in [0.25, 0.3) is 0 Å². The number of ether oxygens (including phenoxy) is 1. The van der Waals surface area contributed by atoms with Gasteiger partial charge in [0.2, 0.25) is 0 Å². The first-order valence-corrected chi connectivity index (χ1v) is 6.22. The van der Waals surface area contributed by atoms with Gasteiger partial charge in [0.25, 0.3) is 0 Å². The Bertz CT molecular complexity index is 454. The number of hydrogen-bond donors (Lipinski definition) is 1. The van der Waals surface area contributed by atoms with Gasteiger partial charge in [-0.05, 0) is 32.9 Å². The predicted octanol–water partition coefficient (Wildman–Crippen LogP) is 2.45. The van der Waals surface area contributed by atoms with Crippen LogP contribution in [0.15, 0.2) is 12.1 Å². The summed E-state index contributed by atoms with van der Waals surface area (Å²) in [6.45, 7) is 7.44. The smallest absolute Gasteiger partial charge is 0.128 e. The fourth-order valence-electron chi connectivity index (χ4n) is 2.72. The highest BCUT2D eigenvalue weighted by atomic mass is 19.1. The fraction of sp³-hybridized carbons (Fsp3) is 0.571. The highest BCUT2D eigenvalue weighted by Gasteiger charge is 2.39. The number of benzene rings is 1. The minimum absolute atomic E-state index is 0.0551. The molecule has 3 nitrogen and oxygen atoms in total. The molecule has 1 unspecified atom stereocenters. The molecule has 1 heterocycles. The summed E-state index contributed by atoms with van der Waals surface area (Å²) in [7, 11) is 1.62. The van der Waals surface area contributed by atoms with Crippen molar-refractivity contribution in [1.82, 2.24) is 4.90 Å². The number of methoxy groups -OCH3 is 1. The van der Waals surface area contributed by atoms with Crippen molar-refractivity contribution in [1.29, 1.82) is 0 Å². The minimum Gasteiger partial charge on any atom is -0.496 e. The summed E-state index contributed by atoms with van der Waals surface area (Å²) in [6, 6.07) is 3.08. The van der Waals surface area contributed by atoms with Gasteiger partial charge in [0, 0.05) is 29.8 Å². The number of fused-ring (bicyclic) bond motifs is 1. The zero-order chi connectivity index (χ0) is 13.5. The zero-order valence-corrected chi connectivity index (χ0v) is 11.5. The molecule has 100 valence electrons. The maximum atomic E-state index is 14.1. The van der Waals surface area contributed by atoms with Crippen molar-refractivity contribution >= 4 is 0 Å². The number of nitrogens with two attached hydrogens (primary N) is 1. The van der Waals surface area contributed by atoms with Gasteiger partial charge in [0.15, 0.2) is 0 Å². The third-order valence-corrected chi connectivity index (χ3v) is 3.60. The summed E-state index contributed by atoms with van der Waals surface area (Å²) in [5.41, 5.74) is 7.43. The Kier molecular flexibility index (Phi) is 3.34. The average Bonchev–Trinajstić information content (AvgIpc) is 2.69. The number of rotatable bonds is 2. The molecule has 0 amide bonds. The maximum Gasteiger partial charge on any atom is 0.128 e. The van der Waals surface area contributed by atoms with E-state index in [1.807, 2.05) is 0 Å². The fourth-order valence-corrected chi connectivity index (χ4v) is 2.72. The van der Waals surface area contributed by atoms with Crippen molar-refractivity contribution in [3.8, 4) is 5.75 Å². The van der Waals surface area contributed by atoms with Crippen molar-refractivity contribution in [3.05, 3.63) is 29.1 Å². The van der Waals surface area contributed by atoms with Gasteiger partial charge in [0.1, 0.15) is 11.6 Å². The lowest BCUT2D eigenvalue weighted by molar-refractivity contribution is 0.0933. The first-order valence-electron chi connectivity index (χ1n) is 6.22. The standard InChI is InChI=1S/C14H21FN2O/c1-14(2,3)17-8-9-12(18-4)6-5-10(15)13(9)11(17)7-16/h5-6,11H,7-8,16H2,1-4H3. The van der Waals surface area contributed by atoms with E-state index in [1.54, 1.807) is 13.2 Å². The van der Waals surface area contributed by atoms with E-state index >= 15 is 0 Å². The molecule has 4 heteroatoms. The van der Waals surface area contributed by atoms with Crippen LogP contribution in [0.2, 0.25) is 0 Å². The molecule has 0 spiro atoms. The molecule has 0 radical (unpaired) electrons. The van der Waals surface area contributed by atoms with Gasteiger partial charge in [-0.25, -0.2) is 4.39 Å². The Morgan fingerprint density at radius 1 is 1.44 bits per heavy atom. The first-order chi connectivity index (χ1) is 8.40. The number of halogens is 1. The Hall–Kier alpha value is -1.13. The third-order valence-electron chi connectivity index (χ3n) is 3.60. The lowest BCUT2D eigenvalue weighted by Crippen LogP contribution is -2.42. The van der Waals surface area contributed by atoms with Crippen LogP contribution in [-0.4, -0.2) is 24.1 Å². The largest absolute Gasteiger partial charge is 0.496 e. The molecular weight excluding hydrogens is 231 g/mol. The van der Waals surface area contributed by atoms with Gasteiger partial charge in [-0.2, -0.15) is 0 Å². The van der Waals surface area contributed by atoms with Crippen LogP contribution >= 0.6 is 0 Å². The molecule has 0 aromatic heterocycles. The second-order valence-electron chi connectivity index (χ2n) is 5.69. The molecule has 1 aromatic rings. The van der Waals surface area contributed by atoms with Crippen LogP contribution < -0.4 is 10.5 Å². The van der Waals surface area contributed by atoms with Gasteiger partial charge in [-0.1, -0.05) is 0 Å². The summed E-state index contributed by atoms with van der Waals surface area (Å²) < 4.78 is 19.4. The molecule has 1 aliphatic heterocycles. The summed E-state index contributed by atoms with van der Waals surface area (Å²) in [5, 5.41) is 0. The van der Waals surface area contributed by atoms with E-state index in [4.69, 9.17) is 10.5 Å². The van der Waals surface area contributed by atoms with Gasteiger partial charge in [0.05, 0.1) is 13.2 Å². The molecule has 2 N–H and O–H groups in total. The van der Waals surface area contributed by atoms with E-state index in [2.05, 4.69) is 25.7 Å². The molecule has 0 saturated heterocycles. The van der Waals surface area contributed by atoms with E-state index in [1.165, 1.54) is 6.07 Å². The SMILES string of the molecule is COc1ccc(F)c2c1CN(C(C)(C)C)C2CN. The molecule has 0 fully saturated rings. The Morgan fingerprint density at radius 3 is 2.61 bits per heavy atom. The van der Waals surface area contributed by atoms with Gasteiger partial charge >= 0.3 is 0 Å². The van der Waals surface area contributed by atoms with E-state index in [-0.39, 0.29) is 17.4 Å². The summed E-state index contributed by atoms with van der Waals surface area (Å²) >= 11 is 0. The normalized spacial score (nSPS) is 20.0. The van der Waals surface area contributed by atoms with Crippen molar-refractivity contribution in [2.75, 3.05) is 13.7 Å². The second kappa shape index (κ2) is 4.52. The monoisotopic (exact) mass is 252 g/mol. The summed E-state index contributed by atoms with van der Waals surface area (Å²) in [5.74, 6) is 0.560. The van der Waals surface area contributed by atoms with Gasteiger partial charge in [-0.3, -0.25) is 4.90 Å². The van der Waals surface area contributed by atoms with Crippen LogP contribution in [0.5, 0.6) is 5.75 Å². The van der Waals surface area contributed by atoms with Crippen LogP contribution in [0.1, 0.15) is 37.9 Å². The maximum absolute atomic E-state index is 14.1. The zero-order valence-electron chi connectivity index (χ0n) is 11.5. The highest BCUT2D eigenvalue weighted by Crippen LogP contribution is 2.43. The molecule has 1 atom stereocenters. The molecule has 0 saturated carbocycles. The number of hydrogen-bond acceptors (Lipinski definition) is 3. The molecule has 0 aliphatic carbocycles. The highest BCUT2D eigenvalue weighted by molar-refractivity contribution is 5.46. The van der Waals surface area contributed by atoms with Gasteiger partial charge < -0.3 is 10.5 Å². The van der Waals surface area contributed by atoms with Crippen molar-refractivity contribution in [2.45, 2.75) is 38.9 Å². The molecule has 1 aliphatic rings. The molecule has 0 bridgehead atoms.